The number of nitrogens with two attached hydrogens (primary N) is 1. The summed E-state index contributed by atoms with van der Waals surface area (Å²) in [5, 5.41) is 5.12. The summed E-state index contributed by atoms with van der Waals surface area (Å²) >= 11 is 0. The molecule has 104 valence electrons. The molecule has 1 atom stereocenters. The molecule has 0 fully saturated rings. The lowest BCUT2D eigenvalue weighted by Gasteiger charge is -2.12. The average molecular weight is 264 g/mol. The van der Waals surface area contributed by atoms with Gasteiger partial charge >= 0.3 is 6.03 Å². The highest BCUT2D eigenvalue weighted by atomic mass is 16.2. The van der Waals surface area contributed by atoms with Crippen LogP contribution in [0.15, 0.2) is 24.3 Å². The van der Waals surface area contributed by atoms with Crippen LogP contribution in [-0.4, -0.2) is 37.5 Å². The van der Waals surface area contributed by atoms with Gasteiger partial charge in [0.2, 0.25) is 5.91 Å². The number of carbonyl (C=O) groups excluding carboxylic acids is 2. The molecule has 0 saturated heterocycles. The maximum atomic E-state index is 11.5. The molecule has 1 unspecified atom stereocenters. The molecule has 0 aliphatic heterocycles. The second kappa shape index (κ2) is 6.75. The molecule has 6 heteroatoms. The summed E-state index contributed by atoms with van der Waals surface area (Å²) in [5.74, 6) is -0.164. The number of nitrogens with zero attached hydrogens (tertiary/aromatic N) is 1. The fourth-order valence-electron chi connectivity index (χ4n) is 1.36. The predicted molar refractivity (Wildman–Crippen MR) is 74.8 cm³/mol. The van der Waals surface area contributed by atoms with Gasteiger partial charge < -0.3 is 21.3 Å². The van der Waals surface area contributed by atoms with Crippen molar-refractivity contribution in [3.8, 4) is 0 Å². The SMILES string of the molecule is CC(N)c1ccc(NC(=O)NCC(=O)N(C)C)cc1. The first-order chi connectivity index (χ1) is 8.90. The van der Waals surface area contributed by atoms with E-state index in [0.29, 0.717) is 5.69 Å². The Bertz CT molecular complexity index is 440. The van der Waals surface area contributed by atoms with Gasteiger partial charge in [0, 0.05) is 25.8 Å². The van der Waals surface area contributed by atoms with Gasteiger partial charge in [-0.15, -0.1) is 0 Å². The van der Waals surface area contributed by atoms with Gasteiger partial charge in [-0.25, -0.2) is 4.79 Å². The van der Waals surface area contributed by atoms with E-state index < -0.39 is 6.03 Å². The molecule has 3 amide bonds. The molecule has 0 aliphatic rings. The summed E-state index contributed by atoms with van der Waals surface area (Å²) in [5.41, 5.74) is 7.38. The zero-order valence-electron chi connectivity index (χ0n) is 11.4. The minimum Gasteiger partial charge on any atom is -0.347 e. The summed E-state index contributed by atoms with van der Waals surface area (Å²) in [6.07, 6.45) is 0. The lowest BCUT2D eigenvalue weighted by atomic mass is 10.1. The highest BCUT2D eigenvalue weighted by Gasteiger charge is 2.07. The molecular weight excluding hydrogens is 244 g/mol. The Kier molecular flexibility index (Phi) is 5.32. The Morgan fingerprint density at radius 1 is 1.26 bits per heavy atom. The lowest BCUT2D eigenvalue weighted by Crippen LogP contribution is -2.38. The van der Waals surface area contributed by atoms with Crippen molar-refractivity contribution in [1.82, 2.24) is 10.2 Å². The fourth-order valence-corrected chi connectivity index (χ4v) is 1.36. The number of urea groups is 1. The average Bonchev–Trinajstić information content (AvgIpc) is 2.36. The van der Waals surface area contributed by atoms with E-state index in [2.05, 4.69) is 10.6 Å². The van der Waals surface area contributed by atoms with Crippen molar-refractivity contribution in [2.45, 2.75) is 13.0 Å². The highest BCUT2D eigenvalue weighted by Crippen LogP contribution is 2.13. The fraction of sp³-hybridized carbons (Fsp3) is 0.385. The van der Waals surface area contributed by atoms with Gasteiger partial charge in [0.15, 0.2) is 0 Å². The minimum absolute atomic E-state index is 0.0310. The number of nitrogens with one attached hydrogen (secondary N) is 2. The van der Waals surface area contributed by atoms with E-state index in [4.69, 9.17) is 5.73 Å². The Balaban J connectivity index is 2.46. The van der Waals surface area contributed by atoms with Gasteiger partial charge in [0.05, 0.1) is 6.54 Å². The normalized spacial score (nSPS) is 11.6. The molecule has 6 nitrogen and oxygen atoms in total. The topological polar surface area (TPSA) is 87.5 Å². The second-order valence-corrected chi connectivity index (χ2v) is 4.51. The van der Waals surface area contributed by atoms with Crippen LogP contribution in [0.4, 0.5) is 10.5 Å². The molecule has 1 rings (SSSR count). The van der Waals surface area contributed by atoms with Crippen LogP contribution in [0.5, 0.6) is 0 Å². The van der Waals surface area contributed by atoms with Crippen LogP contribution in [0.2, 0.25) is 0 Å². The number of benzene rings is 1. The van der Waals surface area contributed by atoms with E-state index in [1.807, 2.05) is 19.1 Å². The van der Waals surface area contributed by atoms with E-state index in [9.17, 15) is 9.59 Å². The summed E-state index contributed by atoms with van der Waals surface area (Å²) in [4.78, 5) is 24.2. The quantitative estimate of drug-likeness (QED) is 0.755. The van der Waals surface area contributed by atoms with Gasteiger partial charge in [-0.05, 0) is 24.6 Å². The van der Waals surface area contributed by atoms with Gasteiger partial charge in [-0.2, -0.15) is 0 Å². The molecule has 0 aromatic heterocycles. The molecule has 0 radical (unpaired) electrons. The standard InChI is InChI=1S/C13H20N4O2/c1-9(14)10-4-6-11(7-5-10)16-13(19)15-8-12(18)17(2)3/h4-7,9H,8,14H2,1-3H3,(H2,15,16,19). The van der Waals surface area contributed by atoms with Gasteiger partial charge in [-0.3, -0.25) is 4.79 Å². The van der Waals surface area contributed by atoms with Gasteiger partial charge in [-0.1, -0.05) is 12.1 Å². The van der Waals surface area contributed by atoms with E-state index in [1.165, 1.54) is 4.90 Å². The van der Waals surface area contributed by atoms with Crippen molar-refractivity contribution in [1.29, 1.82) is 0 Å². The summed E-state index contributed by atoms with van der Waals surface area (Å²) < 4.78 is 0. The smallest absolute Gasteiger partial charge is 0.319 e. The van der Waals surface area contributed by atoms with Crippen molar-refractivity contribution in [2.24, 2.45) is 5.73 Å². The van der Waals surface area contributed by atoms with Crippen molar-refractivity contribution in [2.75, 3.05) is 26.0 Å². The molecule has 19 heavy (non-hydrogen) atoms. The molecule has 1 aromatic carbocycles. The van der Waals surface area contributed by atoms with Crippen molar-refractivity contribution < 1.29 is 9.59 Å². The van der Waals surface area contributed by atoms with E-state index in [1.54, 1.807) is 26.2 Å². The predicted octanol–water partition coefficient (Wildman–Crippen LogP) is 0.916. The Hall–Kier alpha value is -2.08. The maximum absolute atomic E-state index is 11.5. The number of hydrogen-bond acceptors (Lipinski definition) is 3. The van der Waals surface area contributed by atoms with Crippen LogP contribution in [0.1, 0.15) is 18.5 Å². The molecule has 1 aromatic rings. The van der Waals surface area contributed by atoms with Gasteiger partial charge in [0.1, 0.15) is 0 Å². The second-order valence-electron chi connectivity index (χ2n) is 4.51. The largest absolute Gasteiger partial charge is 0.347 e. The monoisotopic (exact) mass is 264 g/mol. The van der Waals surface area contributed by atoms with E-state index >= 15 is 0 Å². The molecular formula is C13H20N4O2. The number of anilines is 1. The van der Waals surface area contributed by atoms with E-state index in [-0.39, 0.29) is 18.5 Å². The Labute approximate surface area is 113 Å². The van der Waals surface area contributed by atoms with Gasteiger partial charge in [0.25, 0.3) is 0 Å². The third-order valence-electron chi connectivity index (χ3n) is 2.59. The van der Waals surface area contributed by atoms with Crippen molar-refractivity contribution >= 4 is 17.6 Å². The number of likely N-dealkylation sites (N-methyl/N-ethyl adjacent to an activating group) is 1. The van der Waals surface area contributed by atoms with Crippen LogP contribution in [-0.2, 0) is 4.79 Å². The van der Waals surface area contributed by atoms with Crippen LogP contribution in [0.3, 0.4) is 0 Å². The van der Waals surface area contributed by atoms with Crippen LogP contribution in [0.25, 0.3) is 0 Å². The molecule has 0 spiro atoms. The molecule has 0 aliphatic carbocycles. The zero-order chi connectivity index (χ0) is 14.4. The molecule has 4 N–H and O–H groups in total. The summed E-state index contributed by atoms with van der Waals surface area (Å²) in [6, 6.07) is 6.79. The Morgan fingerprint density at radius 2 is 1.84 bits per heavy atom. The molecule has 0 saturated carbocycles. The van der Waals surface area contributed by atoms with Crippen LogP contribution >= 0.6 is 0 Å². The number of amides is 3. The molecule has 0 bridgehead atoms. The third-order valence-corrected chi connectivity index (χ3v) is 2.59. The highest BCUT2D eigenvalue weighted by molar-refractivity contribution is 5.92. The zero-order valence-corrected chi connectivity index (χ0v) is 11.4. The number of rotatable bonds is 4. The molecule has 0 heterocycles. The Morgan fingerprint density at radius 3 is 2.32 bits per heavy atom. The number of carbonyl (C=O) groups is 2. The summed E-state index contributed by atoms with van der Waals surface area (Å²) in [7, 11) is 3.27. The van der Waals surface area contributed by atoms with Crippen molar-refractivity contribution in [3.05, 3.63) is 29.8 Å². The van der Waals surface area contributed by atoms with Crippen molar-refractivity contribution in [3.63, 3.8) is 0 Å². The maximum Gasteiger partial charge on any atom is 0.319 e. The van der Waals surface area contributed by atoms with Crippen LogP contribution < -0.4 is 16.4 Å². The first kappa shape index (κ1) is 15.0. The van der Waals surface area contributed by atoms with Crippen LogP contribution in [0, 0.1) is 0 Å². The summed E-state index contributed by atoms with van der Waals surface area (Å²) in [6.45, 7) is 1.86. The third kappa shape index (κ3) is 4.97. The lowest BCUT2D eigenvalue weighted by molar-refractivity contribution is -0.127. The number of hydrogen-bond donors (Lipinski definition) is 3. The van der Waals surface area contributed by atoms with E-state index in [0.717, 1.165) is 5.56 Å². The minimum atomic E-state index is -0.413. The first-order valence-corrected chi connectivity index (χ1v) is 6.00. The first-order valence-electron chi connectivity index (χ1n) is 6.00.